The average molecular weight is 469 g/mol. The van der Waals surface area contributed by atoms with Gasteiger partial charge >= 0.3 is 0 Å². The molecular weight excluding hydrogens is 437 g/mol. The van der Waals surface area contributed by atoms with Gasteiger partial charge in [-0.1, -0.05) is 25.1 Å². The molecule has 144 valence electrons. The number of nitrogens with one attached hydrogen (secondary N) is 2. The number of aromatic nitrogens is 2. The van der Waals surface area contributed by atoms with E-state index in [0.717, 1.165) is 49.7 Å². The molecule has 0 bridgehead atoms. The van der Waals surface area contributed by atoms with Crippen molar-refractivity contribution in [2.24, 2.45) is 4.99 Å². The number of aliphatic imine (C=N–C) groups is 1. The van der Waals surface area contributed by atoms with Crippen molar-refractivity contribution in [1.29, 1.82) is 0 Å². The first-order valence-corrected chi connectivity index (χ1v) is 9.29. The molecule has 2 N–H and O–H groups in total. The molecule has 0 spiro atoms. The van der Waals surface area contributed by atoms with Crippen LogP contribution in [0.25, 0.3) is 5.69 Å². The van der Waals surface area contributed by atoms with Gasteiger partial charge in [0, 0.05) is 25.3 Å². The highest BCUT2D eigenvalue weighted by Crippen LogP contribution is 2.13. The van der Waals surface area contributed by atoms with Crippen molar-refractivity contribution in [3.8, 4) is 5.69 Å². The summed E-state index contributed by atoms with van der Waals surface area (Å²) >= 11 is 0. The van der Waals surface area contributed by atoms with Crippen LogP contribution in [-0.4, -0.2) is 34.9 Å². The first-order chi connectivity index (χ1) is 12.1. The SMILES string of the molecule is CCNC(=NCCCc1cn(-c2ccccc2)nc1C)NC(C)CC.I. The summed E-state index contributed by atoms with van der Waals surface area (Å²) in [5, 5.41) is 11.4. The smallest absolute Gasteiger partial charge is 0.191 e. The fraction of sp³-hybridized carbons (Fsp3) is 0.500. The average Bonchev–Trinajstić information content (AvgIpc) is 3.00. The minimum absolute atomic E-state index is 0. The van der Waals surface area contributed by atoms with E-state index in [1.54, 1.807) is 0 Å². The lowest BCUT2D eigenvalue weighted by Gasteiger charge is -2.16. The summed E-state index contributed by atoms with van der Waals surface area (Å²) in [6, 6.07) is 10.7. The van der Waals surface area contributed by atoms with E-state index in [4.69, 9.17) is 0 Å². The topological polar surface area (TPSA) is 54.2 Å². The molecule has 1 heterocycles. The van der Waals surface area contributed by atoms with Gasteiger partial charge in [-0.05, 0) is 57.7 Å². The number of hydrogen-bond acceptors (Lipinski definition) is 2. The van der Waals surface area contributed by atoms with E-state index in [2.05, 4.69) is 66.7 Å². The van der Waals surface area contributed by atoms with E-state index >= 15 is 0 Å². The number of hydrogen-bond donors (Lipinski definition) is 2. The van der Waals surface area contributed by atoms with Gasteiger partial charge in [-0.2, -0.15) is 5.10 Å². The zero-order valence-corrected chi connectivity index (χ0v) is 18.7. The maximum absolute atomic E-state index is 4.68. The van der Waals surface area contributed by atoms with Gasteiger partial charge in [-0.25, -0.2) is 4.68 Å². The highest BCUT2D eigenvalue weighted by molar-refractivity contribution is 14.0. The Labute approximate surface area is 174 Å². The number of halogens is 1. The summed E-state index contributed by atoms with van der Waals surface area (Å²) in [5.41, 5.74) is 3.48. The van der Waals surface area contributed by atoms with Gasteiger partial charge in [0.25, 0.3) is 0 Å². The standard InChI is InChI=1S/C20H31N5.HI/c1-5-16(3)23-20(21-6-2)22-14-10-11-18-15-25(24-17(18)4)19-12-8-7-9-13-19;/h7-9,12-13,15-16H,5-6,10-11,14H2,1-4H3,(H2,21,22,23);1H. The quantitative estimate of drug-likeness (QED) is 0.265. The number of rotatable bonds is 8. The van der Waals surface area contributed by atoms with Crippen molar-refractivity contribution < 1.29 is 0 Å². The summed E-state index contributed by atoms with van der Waals surface area (Å²) in [5.74, 6) is 0.911. The van der Waals surface area contributed by atoms with Crippen LogP contribution in [0.5, 0.6) is 0 Å². The van der Waals surface area contributed by atoms with Crippen LogP contribution < -0.4 is 10.6 Å². The minimum atomic E-state index is 0. The van der Waals surface area contributed by atoms with E-state index in [-0.39, 0.29) is 24.0 Å². The monoisotopic (exact) mass is 469 g/mol. The van der Waals surface area contributed by atoms with Gasteiger partial charge in [-0.15, -0.1) is 24.0 Å². The van der Waals surface area contributed by atoms with Crippen LogP contribution in [0.4, 0.5) is 0 Å². The van der Waals surface area contributed by atoms with E-state index in [0.29, 0.717) is 6.04 Å². The molecule has 6 heteroatoms. The van der Waals surface area contributed by atoms with Gasteiger partial charge in [-0.3, -0.25) is 4.99 Å². The fourth-order valence-corrected chi connectivity index (χ4v) is 2.57. The molecule has 1 aromatic carbocycles. The van der Waals surface area contributed by atoms with Crippen molar-refractivity contribution in [3.05, 3.63) is 47.8 Å². The molecule has 2 aromatic rings. The predicted molar refractivity (Wildman–Crippen MR) is 121 cm³/mol. The molecule has 5 nitrogen and oxygen atoms in total. The molecule has 0 fully saturated rings. The second-order valence-electron chi connectivity index (χ2n) is 6.34. The van der Waals surface area contributed by atoms with E-state index in [1.165, 1.54) is 5.56 Å². The van der Waals surface area contributed by atoms with Gasteiger partial charge < -0.3 is 10.6 Å². The summed E-state index contributed by atoms with van der Waals surface area (Å²) in [4.78, 5) is 4.68. The zero-order valence-electron chi connectivity index (χ0n) is 16.3. The highest BCUT2D eigenvalue weighted by atomic mass is 127. The van der Waals surface area contributed by atoms with Gasteiger partial charge in [0.15, 0.2) is 5.96 Å². The van der Waals surface area contributed by atoms with Crippen LogP contribution in [0.1, 0.15) is 44.9 Å². The fourth-order valence-electron chi connectivity index (χ4n) is 2.57. The lowest BCUT2D eigenvalue weighted by Crippen LogP contribution is -2.42. The second kappa shape index (κ2) is 11.9. The van der Waals surface area contributed by atoms with Gasteiger partial charge in [0.2, 0.25) is 0 Å². The van der Waals surface area contributed by atoms with Crippen molar-refractivity contribution in [1.82, 2.24) is 20.4 Å². The van der Waals surface area contributed by atoms with Crippen LogP contribution in [0, 0.1) is 6.92 Å². The maximum atomic E-state index is 4.68. The lowest BCUT2D eigenvalue weighted by molar-refractivity contribution is 0.623. The van der Waals surface area contributed by atoms with E-state index < -0.39 is 0 Å². The Kier molecular flexibility index (Phi) is 10.3. The second-order valence-corrected chi connectivity index (χ2v) is 6.34. The maximum Gasteiger partial charge on any atom is 0.191 e. The van der Waals surface area contributed by atoms with Crippen LogP contribution in [0.15, 0.2) is 41.5 Å². The third-order valence-electron chi connectivity index (χ3n) is 4.24. The summed E-state index contributed by atoms with van der Waals surface area (Å²) in [7, 11) is 0. The summed E-state index contributed by atoms with van der Waals surface area (Å²) in [6.07, 6.45) is 5.22. The highest BCUT2D eigenvalue weighted by Gasteiger charge is 2.06. The molecule has 26 heavy (non-hydrogen) atoms. The number of nitrogens with zero attached hydrogens (tertiary/aromatic N) is 3. The molecule has 0 aliphatic heterocycles. The van der Waals surface area contributed by atoms with Gasteiger partial charge in [0.05, 0.1) is 11.4 Å². The molecule has 1 aromatic heterocycles. The number of para-hydroxylation sites is 1. The first-order valence-electron chi connectivity index (χ1n) is 9.29. The minimum Gasteiger partial charge on any atom is -0.357 e. The van der Waals surface area contributed by atoms with Crippen LogP contribution in [-0.2, 0) is 6.42 Å². The van der Waals surface area contributed by atoms with Crippen molar-refractivity contribution >= 4 is 29.9 Å². The van der Waals surface area contributed by atoms with Crippen molar-refractivity contribution in [2.75, 3.05) is 13.1 Å². The Morgan fingerprint density at radius 3 is 2.62 bits per heavy atom. The Morgan fingerprint density at radius 1 is 1.23 bits per heavy atom. The van der Waals surface area contributed by atoms with Gasteiger partial charge in [0.1, 0.15) is 0 Å². The number of benzene rings is 1. The molecule has 0 aliphatic rings. The molecular formula is C20H32IN5. The summed E-state index contributed by atoms with van der Waals surface area (Å²) in [6.45, 7) is 10.2. The Bertz CT molecular complexity index is 666. The van der Waals surface area contributed by atoms with Crippen molar-refractivity contribution in [3.63, 3.8) is 0 Å². The van der Waals surface area contributed by atoms with Crippen LogP contribution in [0.2, 0.25) is 0 Å². The molecule has 1 atom stereocenters. The number of guanidine groups is 1. The molecule has 0 amide bonds. The lowest BCUT2D eigenvalue weighted by atomic mass is 10.1. The predicted octanol–water partition coefficient (Wildman–Crippen LogP) is 4.08. The summed E-state index contributed by atoms with van der Waals surface area (Å²) < 4.78 is 1.96. The van der Waals surface area contributed by atoms with E-state index in [9.17, 15) is 0 Å². The van der Waals surface area contributed by atoms with Crippen LogP contribution in [0.3, 0.4) is 0 Å². The normalized spacial score (nSPS) is 12.4. The number of aryl methyl sites for hydroxylation is 2. The van der Waals surface area contributed by atoms with E-state index in [1.807, 2.05) is 22.9 Å². The Morgan fingerprint density at radius 2 is 1.96 bits per heavy atom. The van der Waals surface area contributed by atoms with Crippen LogP contribution >= 0.6 is 24.0 Å². The molecule has 0 aliphatic carbocycles. The Hall–Kier alpha value is -1.57. The molecule has 0 radical (unpaired) electrons. The molecule has 2 rings (SSSR count). The molecule has 0 saturated carbocycles. The Balaban J connectivity index is 0.00000338. The first kappa shape index (κ1) is 22.5. The third-order valence-corrected chi connectivity index (χ3v) is 4.24. The largest absolute Gasteiger partial charge is 0.357 e. The molecule has 1 unspecified atom stereocenters. The van der Waals surface area contributed by atoms with Crippen molar-refractivity contribution in [2.45, 2.75) is 53.0 Å². The molecule has 0 saturated heterocycles. The zero-order chi connectivity index (χ0) is 18.1. The third kappa shape index (κ3) is 6.97.